The average Bonchev–Trinajstić information content (AvgIpc) is 2.70. The van der Waals surface area contributed by atoms with Crippen LogP contribution in [0.15, 0.2) is 0 Å². The molecular weight excluding hydrogens is 222 g/mol. The second kappa shape index (κ2) is 6.37. The molecule has 1 saturated heterocycles. The van der Waals surface area contributed by atoms with Crippen molar-refractivity contribution in [2.75, 3.05) is 6.61 Å². The molecule has 1 aliphatic rings. The topological polar surface area (TPSA) is 72.5 Å². The Balaban J connectivity index is 2.40. The summed E-state index contributed by atoms with van der Waals surface area (Å²) in [7, 11) is 0. The Morgan fingerprint density at radius 2 is 2.24 bits per heavy atom. The number of carbonyl (C=O) groups excluding carboxylic acids is 3. The molecule has 1 heterocycles. The van der Waals surface area contributed by atoms with Gasteiger partial charge in [0.25, 0.3) is 0 Å². The van der Waals surface area contributed by atoms with Crippen LogP contribution in [-0.2, 0) is 19.1 Å². The van der Waals surface area contributed by atoms with Crippen LogP contribution in [0.4, 0.5) is 0 Å². The van der Waals surface area contributed by atoms with Crippen LogP contribution in [0.2, 0.25) is 0 Å². The number of ether oxygens (including phenoxy) is 1. The van der Waals surface area contributed by atoms with E-state index in [9.17, 15) is 14.4 Å². The van der Waals surface area contributed by atoms with Crippen molar-refractivity contribution in [1.29, 1.82) is 0 Å². The predicted octanol–water partition coefficient (Wildman–Crippen LogP) is 0.813. The van der Waals surface area contributed by atoms with Gasteiger partial charge in [-0.3, -0.25) is 9.59 Å². The van der Waals surface area contributed by atoms with Gasteiger partial charge in [-0.2, -0.15) is 0 Å². The van der Waals surface area contributed by atoms with E-state index in [1.807, 2.05) is 6.92 Å². The fourth-order valence-corrected chi connectivity index (χ4v) is 1.64. The minimum Gasteiger partial charge on any atom is -0.464 e. The molecule has 0 aromatic heterocycles. The van der Waals surface area contributed by atoms with Gasteiger partial charge in [-0.25, -0.2) is 4.79 Å². The lowest BCUT2D eigenvalue weighted by molar-refractivity contribution is -0.143. The van der Waals surface area contributed by atoms with E-state index >= 15 is 0 Å². The molecule has 0 saturated carbocycles. The molecule has 0 aliphatic carbocycles. The zero-order valence-corrected chi connectivity index (χ0v) is 10.3. The van der Waals surface area contributed by atoms with E-state index in [1.165, 1.54) is 0 Å². The number of unbranched alkanes of at least 4 members (excludes halogenated alkanes) is 1. The lowest BCUT2D eigenvalue weighted by Gasteiger charge is -2.13. The summed E-state index contributed by atoms with van der Waals surface area (Å²) in [6, 6.07) is -0.580. The molecule has 1 rings (SSSR count). The Morgan fingerprint density at radius 3 is 2.76 bits per heavy atom. The van der Waals surface area contributed by atoms with E-state index in [2.05, 4.69) is 5.32 Å². The van der Waals surface area contributed by atoms with Crippen LogP contribution in [0.3, 0.4) is 0 Å². The molecule has 1 N–H and O–H groups in total. The maximum atomic E-state index is 11.7. The number of rotatable bonds is 6. The van der Waals surface area contributed by atoms with Gasteiger partial charge in [0.1, 0.15) is 11.8 Å². The van der Waals surface area contributed by atoms with E-state index in [0.717, 1.165) is 12.8 Å². The number of amides is 1. The summed E-state index contributed by atoms with van der Waals surface area (Å²) in [6.45, 7) is 3.90. The van der Waals surface area contributed by atoms with E-state index in [1.54, 1.807) is 6.92 Å². The van der Waals surface area contributed by atoms with Crippen molar-refractivity contribution in [3.8, 4) is 0 Å². The lowest BCUT2D eigenvalue weighted by atomic mass is 10.0. The highest BCUT2D eigenvalue weighted by molar-refractivity contribution is 6.02. The monoisotopic (exact) mass is 241 g/mol. The molecule has 17 heavy (non-hydrogen) atoms. The fraction of sp³-hybridized carbons (Fsp3) is 0.750. The van der Waals surface area contributed by atoms with Crippen LogP contribution < -0.4 is 5.32 Å². The molecule has 96 valence electrons. The normalized spacial score (nSPS) is 20.8. The average molecular weight is 241 g/mol. The third-order valence-electron chi connectivity index (χ3n) is 2.90. The quantitative estimate of drug-likeness (QED) is 0.552. The van der Waals surface area contributed by atoms with Gasteiger partial charge in [0.2, 0.25) is 5.91 Å². The minimum absolute atomic E-state index is 0.0734. The minimum atomic E-state index is -0.685. The van der Waals surface area contributed by atoms with Crippen molar-refractivity contribution in [3.63, 3.8) is 0 Å². The summed E-state index contributed by atoms with van der Waals surface area (Å²) in [4.78, 5) is 34.5. The van der Waals surface area contributed by atoms with E-state index in [0.29, 0.717) is 19.4 Å². The number of Topliss-reactive ketones (excluding diaryl/α,β-unsaturated/α-hetero) is 1. The Bertz CT molecular complexity index is 314. The molecule has 5 heteroatoms. The zero-order valence-electron chi connectivity index (χ0n) is 10.3. The maximum Gasteiger partial charge on any atom is 0.328 e. The molecule has 1 fully saturated rings. The van der Waals surface area contributed by atoms with E-state index in [-0.39, 0.29) is 11.7 Å². The van der Waals surface area contributed by atoms with E-state index in [4.69, 9.17) is 4.74 Å². The van der Waals surface area contributed by atoms with Crippen molar-refractivity contribution in [2.24, 2.45) is 5.92 Å². The number of hydrogen-bond acceptors (Lipinski definition) is 4. The smallest absolute Gasteiger partial charge is 0.328 e. The second-order valence-electron chi connectivity index (χ2n) is 4.31. The maximum absolute atomic E-state index is 11.7. The van der Waals surface area contributed by atoms with Crippen molar-refractivity contribution < 1.29 is 19.1 Å². The SMILES string of the molecule is CCCCC(=O)C(C)C(=O)NC1CCOC1=O. The number of cyclic esters (lactones) is 1. The molecule has 5 nitrogen and oxygen atoms in total. The highest BCUT2D eigenvalue weighted by atomic mass is 16.5. The lowest BCUT2D eigenvalue weighted by Crippen LogP contribution is -2.42. The molecule has 0 aromatic carbocycles. The fourth-order valence-electron chi connectivity index (χ4n) is 1.64. The largest absolute Gasteiger partial charge is 0.464 e. The Kier molecular flexibility index (Phi) is 5.12. The van der Waals surface area contributed by atoms with Crippen LogP contribution in [0, 0.1) is 5.92 Å². The standard InChI is InChI=1S/C12H19NO4/c1-3-4-5-10(14)8(2)11(15)13-9-6-7-17-12(9)16/h8-9H,3-7H2,1-2H3,(H,13,15). The summed E-state index contributed by atoms with van der Waals surface area (Å²) in [5, 5.41) is 2.55. The first-order valence-corrected chi connectivity index (χ1v) is 6.06. The van der Waals surface area contributed by atoms with Crippen LogP contribution in [0.5, 0.6) is 0 Å². The summed E-state index contributed by atoms with van der Waals surface area (Å²) in [6.07, 6.45) is 2.62. The summed E-state index contributed by atoms with van der Waals surface area (Å²) in [5.41, 5.74) is 0. The molecule has 1 aliphatic heterocycles. The van der Waals surface area contributed by atoms with Gasteiger partial charge in [-0.05, 0) is 13.3 Å². The molecular formula is C12H19NO4. The van der Waals surface area contributed by atoms with Crippen LogP contribution in [-0.4, -0.2) is 30.3 Å². The number of nitrogens with one attached hydrogen (secondary N) is 1. The Labute approximate surface area is 101 Å². The summed E-state index contributed by atoms with van der Waals surface area (Å²) < 4.78 is 4.73. The van der Waals surface area contributed by atoms with Gasteiger partial charge in [0.05, 0.1) is 12.5 Å². The van der Waals surface area contributed by atoms with E-state index < -0.39 is 17.9 Å². The summed E-state index contributed by atoms with van der Waals surface area (Å²) in [5.74, 6) is -1.55. The highest BCUT2D eigenvalue weighted by Gasteiger charge is 2.30. The first kappa shape index (κ1) is 13.7. The van der Waals surface area contributed by atoms with Gasteiger partial charge in [-0.15, -0.1) is 0 Å². The number of carbonyl (C=O) groups is 3. The Morgan fingerprint density at radius 1 is 1.53 bits per heavy atom. The Hall–Kier alpha value is -1.39. The molecule has 0 aromatic rings. The third kappa shape index (κ3) is 3.84. The van der Waals surface area contributed by atoms with Gasteiger partial charge < -0.3 is 10.1 Å². The van der Waals surface area contributed by atoms with Gasteiger partial charge in [0.15, 0.2) is 0 Å². The van der Waals surface area contributed by atoms with Crippen molar-refractivity contribution in [2.45, 2.75) is 45.6 Å². The highest BCUT2D eigenvalue weighted by Crippen LogP contribution is 2.09. The van der Waals surface area contributed by atoms with Gasteiger partial charge in [-0.1, -0.05) is 13.3 Å². The molecule has 0 spiro atoms. The number of esters is 1. The van der Waals surface area contributed by atoms with Crippen LogP contribution >= 0.6 is 0 Å². The third-order valence-corrected chi connectivity index (χ3v) is 2.90. The van der Waals surface area contributed by atoms with Gasteiger partial charge >= 0.3 is 5.97 Å². The molecule has 0 radical (unpaired) electrons. The first-order valence-electron chi connectivity index (χ1n) is 6.06. The molecule has 0 bridgehead atoms. The molecule has 2 unspecified atom stereocenters. The summed E-state index contributed by atoms with van der Waals surface area (Å²) >= 11 is 0. The first-order chi connectivity index (χ1) is 8.06. The predicted molar refractivity (Wildman–Crippen MR) is 61.2 cm³/mol. The van der Waals surface area contributed by atoms with Gasteiger partial charge in [0, 0.05) is 12.8 Å². The van der Waals surface area contributed by atoms with Crippen molar-refractivity contribution >= 4 is 17.7 Å². The van der Waals surface area contributed by atoms with Crippen LogP contribution in [0.1, 0.15) is 39.5 Å². The van der Waals surface area contributed by atoms with Crippen molar-refractivity contribution in [3.05, 3.63) is 0 Å². The number of hydrogen-bond donors (Lipinski definition) is 1. The molecule has 2 atom stereocenters. The number of ketones is 1. The van der Waals surface area contributed by atoms with Crippen molar-refractivity contribution in [1.82, 2.24) is 5.32 Å². The van der Waals surface area contributed by atoms with Crippen LogP contribution in [0.25, 0.3) is 0 Å². The zero-order chi connectivity index (χ0) is 12.8. The molecule has 1 amide bonds. The second-order valence-corrected chi connectivity index (χ2v) is 4.31.